The molecule has 1 aliphatic heterocycles. The molecule has 0 bridgehead atoms. The lowest BCUT2D eigenvalue weighted by molar-refractivity contribution is -0.156. The highest BCUT2D eigenvalue weighted by molar-refractivity contribution is 5.94. The van der Waals surface area contributed by atoms with E-state index in [1.54, 1.807) is 27.7 Å². The van der Waals surface area contributed by atoms with Crippen LogP contribution in [-0.2, 0) is 29.2 Å². The molecule has 8 heteroatoms. The minimum atomic E-state index is -1.57. The molecule has 0 amide bonds. The molecule has 1 aliphatic rings. The van der Waals surface area contributed by atoms with Gasteiger partial charge in [-0.25, -0.2) is 13.6 Å². The summed E-state index contributed by atoms with van der Waals surface area (Å²) in [5.74, 6) is -2.98. The molecule has 0 fully saturated rings. The zero-order chi connectivity index (χ0) is 21.8. The Labute approximate surface area is 169 Å². The van der Waals surface area contributed by atoms with Gasteiger partial charge in [0, 0.05) is 36.9 Å². The minimum absolute atomic E-state index is 0.0377. The Morgan fingerprint density at radius 3 is 2.55 bits per heavy atom. The third-order valence-electron chi connectivity index (χ3n) is 4.97. The second-order valence-electron chi connectivity index (χ2n) is 7.32. The molecule has 1 N–H and O–H groups in total. The number of hydrogen-bond donors (Lipinski definition) is 1. The standard InChI is InChI=1S/C21H27F2NO5/c1-12(2)29-20(26)21(17-7-6-15(22)10-18(17)23)11-16(13(3)24-14(21)4)19(25)28-9-8-27-5/h6-7,10,12,14,24H,8-9,11H2,1-5H3. The van der Waals surface area contributed by atoms with E-state index in [4.69, 9.17) is 14.2 Å². The minimum Gasteiger partial charge on any atom is -0.462 e. The molecule has 0 saturated heterocycles. The van der Waals surface area contributed by atoms with Crippen molar-refractivity contribution in [2.45, 2.75) is 51.7 Å². The van der Waals surface area contributed by atoms with Crippen LogP contribution in [0.15, 0.2) is 29.5 Å². The van der Waals surface area contributed by atoms with E-state index in [-0.39, 0.29) is 30.8 Å². The van der Waals surface area contributed by atoms with Gasteiger partial charge in [-0.2, -0.15) is 0 Å². The third kappa shape index (κ3) is 4.75. The molecule has 1 heterocycles. The molecular formula is C21H27F2NO5. The lowest BCUT2D eigenvalue weighted by Gasteiger charge is -2.42. The summed E-state index contributed by atoms with van der Waals surface area (Å²) in [5, 5.41) is 3.07. The monoisotopic (exact) mass is 411 g/mol. The Hall–Kier alpha value is -2.48. The van der Waals surface area contributed by atoms with E-state index < -0.39 is 41.1 Å². The maximum Gasteiger partial charge on any atom is 0.335 e. The third-order valence-corrected chi connectivity index (χ3v) is 4.97. The Bertz CT molecular complexity index is 808. The van der Waals surface area contributed by atoms with Crippen molar-refractivity contribution in [1.82, 2.24) is 5.32 Å². The quantitative estimate of drug-likeness (QED) is 0.549. The predicted octanol–water partition coefficient (Wildman–Crippen LogP) is 3.00. The zero-order valence-electron chi connectivity index (χ0n) is 17.3. The number of hydrogen-bond acceptors (Lipinski definition) is 6. The van der Waals surface area contributed by atoms with Crippen LogP contribution in [0.2, 0.25) is 0 Å². The molecule has 0 saturated carbocycles. The van der Waals surface area contributed by atoms with Crippen LogP contribution in [0.4, 0.5) is 8.78 Å². The molecule has 2 rings (SSSR count). The molecule has 2 unspecified atom stereocenters. The van der Waals surface area contributed by atoms with E-state index in [2.05, 4.69) is 5.32 Å². The van der Waals surface area contributed by atoms with Gasteiger partial charge in [-0.05, 0) is 33.8 Å². The van der Waals surface area contributed by atoms with Crippen molar-refractivity contribution in [1.29, 1.82) is 0 Å². The molecule has 0 aliphatic carbocycles. The van der Waals surface area contributed by atoms with Crippen LogP contribution >= 0.6 is 0 Å². The van der Waals surface area contributed by atoms with Gasteiger partial charge in [-0.15, -0.1) is 0 Å². The van der Waals surface area contributed by atoms with Crippen molar-refractivity contribution in [2.75, 3.05) is 20.3 Å². The van der Waals surface area contributed by atoms with Crippen molar-refractivity contribution >= 4 is 11.9 Å². The van der Waals surface area contributed by atoms with Crippen molar-refractivity contribution in [3.05, 3.63) is 46.7 Å². The largest absolute Gasteiger partial charge is 0.462 e. The molecule has 1 aromatic rings. The number of benzene rings is 1. The van der Waals surface area contributed by atoms with Crippen LogP contribution in [0.5, 0.6) is 0 Å². The van der Waals surface area contributed by atoms with E-state index in [0.29, 0.717) is 11.8 Å². The smallest absolute Gasteiger partial charge is 0.335 e. The summed E-state index contributed by atoms with van der Waals surface area (Å²) in [6, 6.07) is 2.40. The van der Waals surface area contributed by atoms with E-state index in [1.165, 1.54) is 13.2 Å². The number of allylic oxidation sites excluding steroid dienone is 1. The molecule has 0 aromatic heterocycles. The summed E-state index contributed by atoms with van der Waals surface area (Å²) in [6.45, 7) is 6.98. The van der Waals surface area contributed by atoms with Gasteiger partial charge in [0.25, 0.3) is 0 Å². The number of esters is 2. The summed E-state index contributed by atoms with van der Waals surface area (Å²) >= 11 is 0. The van der Waals surface area contributed by atoms with Gasteiger partial charge >= 0.3 is 11.9 Å². The van der Waals surface area contributed by atoms with Crippen LogP contribution in [0.25, 0.3) is 0 Å². The second kappa shape index (κ2) is 9.35. The molecule has 2 atom stereocenters. The van der Waals surface area contributed by atoms with Crippen LogP contribution in [0.1, 0.15) is 39.7 Å². The molecular weight excluding hydrogens is 384 g/mol. The van der Waals surface area contributed by atoms with E-state index in [9.17, 15) is 18.4 Å². The molecule has 0 spiro atoms. The van der Waals surface area contributed by atoms with Crippen LogP contribution in [-0.4, -0.2) is 44.4 Å². The Morgan fingerprint density at radius 2 is 1.97 bits per heavy atom. The fraction of sp³-hybridized carbons (Fsp3) is 0.524. The maximum absolute atomic E-state index is 14.8. The van der Waals surface area contributed by atoms with Gasteiger partial charge in [0.15, 0.2) is 0 Å². The average molecular weight is 411 g/mol. The molecule has 1 aromatic carbocycles. The van der Waals surface area contributed by atoms with Gasteiger partial charge in [-0.1, -0.05) is 6.07 Å². The Balaban J connectivity index is 2.55. The first kappa shape index (κ1) is 22.8. The average Bonchev–Trinajstić information content (AvgIpc) is 2.62. The topological polar surface area (TPSA) is 73.9 Å². The number of carbonyl (C=O) groups is 2. The lowest BCUT2D eigenvalue weighted by atomic mass is 9.68. The molecule has 6 nitrogen and oxygen atoms in total. The van der Waals surface area contributed by atoms with Gasteiger partial charge in [0.1, 0.15) is 23.7 Å². The first-order valence-corrected chi connectivity index (χ1v) is 9.42. The number of methoxy groups -OCH3 is 1. The van der Waals surface area contributed by atoms with E-state index >= 15 is 0 Å². The van der Waals surface area contributed by atoms with Gasteiger partial charge in [0.05, 0.1) is 18.3 Å². The summed E-state index contributed by atoms with van der Waals surface area (Å²) in [7, 11) is 1.48. The number of carbonyl (C=O) groups excluding carboxylic acids is 2. The van der Waals surface area contributed by atoms with Crippen molar-refractivity contribution in [3.63, 3.8) is 0 Å². The van der Waals surface area contributed by atoms with Crippen molar-refractivity contribution in [2.24, 2.45) is 0 Å². The lowest BCUT2D eigenvalue weighted by Crippen LogP contribution is -2.56. The van der Waals surface area contributed by atoms with Crippen LogP contribution in [0.3, 0.4) is 0 Å². The van der Waals surface area contributed by atoms with E-state index in [1.807, 2.05) is 0 Å². The summed E-state index contributed by atoms with van der Waals surface area (Å²) in [4.78, 5) is 25.8. The fourth-order valence-corrected chi connectivity index (χ4v) is 3.49. The van der Waals surface area contributed by atoms with Crippen LogP contribution in [0, 0.1) is 11.6 Å². The maximum atomic E-state index is 14.8. The predicted molar refractivity (Wildman–Crippen MR) is 102 cm³/mol. The highest BCUT2D eigenvalue weighted by atomic mass is 19.1. The first-order valence-electron chi connectivity index (χ1n) is 9.42. The van der Waals surface area contributed by atoms with Crippen molar-refractivity contribution in [3.8, 4) is 0 Å². The van der Waals surface area contributed by atoms with Gasteiger partial charge in [-0.3, -0.25) is 4.79 Å². The van der Waals surface area contributed by atoms with E-state index in [0.717, 1.165) is 6.07 Å². The molecule has 0 radical (unpaired) electrons. The second-order valence-corrected chi connectivity index (χ2v) is 7.32. The highest BCUT2D eigenvalue weighted by Gasteiger charge is 2.52. The summed E-state index contributed by atoms with van der Waals surface area (Å²) < 4.78 is 43.8. The highest BCUT2D eigenvalue weighted by Crippen LogP contribution is 2.42. The van der Waals surface area contributed by atoms with Crippen LogP contribution < -0.4 is 5.32 Å². The van der Waals surface area contributed by atoms with Gasteiger partial charge < -0.3 is 19.5 Å². The summed E-state index contributed by atoms with van der Waals surface area (Å²) in [5.41, 5.74) is -0.893. The Morgan fingerprint density at radius 1 is 1.28 bits per heavy atom. The van der Waals surface area contributed by atoms with Crippen molar-refractivity contribution < 1.29 is 32.6 Å². The summed E-state index contributed by atoms with van der Waals surface area (Å²) in [6.07, 6.45) is -0.605. The SMILES string of the molecule is COCCOC(=O)C1=C(C)NC(C)C(C(=O)OC(C)C)(c2ccc(F)cc2F)C1. The molecule has 29 heavy (non-hydrogen) atoms. The number of halogens is 2. The normalized spacial score (nSPS) is 21.7. The van der Waals surface area contributed by atoms with Gasteiger partial charge in [0.2, 0.25) is 0 Å². The fourth-order valence-electron chi connectivity index (χ4n) is 3.49. The number of rotatable bonds is 7. The molecule has 160 valence electrons. The number of nitrogens with one attached hydrogen (secondary N) is 1. The number of ether oxygens (including phenoxy) is 3. The zero-order valence-corrected chi connectivity index (χ0v) is 17.3. The first-order chi connectivity index (χ1) is 13.6. The Kier molecular flexibility index (Phi) is 7.35.